The van der Waals surface area contributed by atoms with E-state index in [9.17, 15) is 19.2 Å². The van der Waals surface area contributed by atoms with E-state index >= 15 is 0 Å². The molecule has 9 heteroatoms. The summed E-state index contributed by atoms with van der Waals surface area (Å²) in [4.78, 5) is 51.0. The second kappa shape index (κ2) is 11.7. The lowest BCUT2D eigenvalue weighted by atomic mass is 9.97. The van der Waals surface area contributed by atoms with Crippen molar-refractivity contribution in [2.24, 2.45) is 0 Å². The molecule has 3 amide bonds. The van der Waals surface area contributed by atoms with Crippen LogP contribution in [0, 0.1) is 12.3 Å². The Morgan fingerprint density at radius 2 is 1.72 bits per heavy atom. The fourth-order valence-corrected chi connectivity index (χ4v) is 2.90. The molecule has 0 spiro atoms. The number of alkyl carbamates (subject to hydrolysis) is 1. The Morgan fingerprint density at radius 3 is 2.25 bits per heavy atom. The second-order valence-electron chi connectivity index (χ2n) is 8.18. The Labute approximate surface area is 188 Å². The van der Waals surface area contributed by atoms with E-state index in [1.54, 1.807) is 58.9 Å². The highest BCUT2D eigenvalue weighted by Gasteiger charge is 2.35. The van der Waals surface area contributed by atoms with E-state index in [-0.39, 0.29) is 6.54 Å². The molecule has 2 N–H and O–H groups in total. The Balaban J connectivity index is 3.25. The maximum atomic E-state index is 13.1. The van der Waals surface area contributed by atoms with Gasteiger partial charge in [0.1, 0.15) is 24.7 Å². The summed E-state index contributed by atoms with van der Waals surface area (Å²) in [7, 11) is 1.20. The number of carbonyl (C=O) groups excluding carboxylic acids is 4. The first-order valence-electron chi connectivity index (χ1n) is 10.1. The minimum atomic E-state index is -1.14. The Bertz CT molecular complexity index is 882. The lowest BCUT2D eigenvalue weighted by Crippen LogP contribution is -2.51. The summed E-state index contributed by atoms with van der Waals surface area (Å²) >= 11 is 0. The van der Waals surface area contributed by atoms with Crippen molar-refractivity contribution in [2.45, 2.75) is 52.3 Å². The smallest absolute Gasteiger partial charge is 0.408 e. The van der Waals surface area contributed by atoms with Gasteiger partial charge < -0.3 is 25.0 Å². The van der Waals surface area contributed by atoms with E-state index in [0.717, 1.165) is 0 Å². The maximum Gasteiger partial charge on any atom is 0.408 e. The van der Waals surface area contributed by atoms with Gasteiger partial charge in [0.2, 0.25) is 11.8 Å². The zero-order chi connectivity index (χ0) is 24.5. The molecule has 0 saturated carbocycles. The van der Waals surface area contributed by atoms with Crippen molar-refractivity contribution in [3.8, 4) is 12.3 Å². The van der Waals surface area contributed by atoms with Crippen molar-refractivity contribution in [1.82, 2.24) is 15.5 Å². The lowest BCUT2D eigenvalue weighted by Gasteiger charge is -2.35. The summed E-state index contributed by atoms with van der Waals surface area (Å²) in [6, 6.07) is 5.12. The summed E-state index contributed by atoms with van der Waals surface area (Å²) in [5, 5.41) is 4.89. The number of rotatable bonds is 8. The molecule has 1 rings (SSSR count). The van der Waals surface area contributed by atoms with E-state index in [2.05, 4.69) is 21.3 Å². The highest BCUT2D eigenvalue weighted by Crippen LogP contribution is 2.26. The Kier molecular flexibility index (Phi) is 9.72. The van der Waals surface area contributed by atoms with Gasteiger partial charge in [-0.2, -0.15) is 0 Å². The molecular formula is C23H31N3O6. The molecule has 32 heavy (non-hydrogen) atoms. The molecule has 0 fully saturated rings. The summed E-state index contributed by atoms with van der Waals surface area (Å²) in [5.41, 5.74) is 0.105. The molecule has 174 valence electrons. The fraction of sp³-hybridized carbons (Fsp3) is 0.478. The molecule has 1 aromatic rings. The number of esters is 1. The van der Waals surface area contributed by atoms with Gasteiger partial charge in [-0.15, -0.1) is 6.42 Å². The van der Waals surface area contributed by atoms with Gasteiger partial charge in [-0.1, -0.05) is 24.1 Å². The standard InChI is InChI=1S/C23H31N3O6/c1-8-16-11-9-10-12-17(16)20(21(29)24-14-19(28)31-7)26(15(2)3)18(27)13-25-22(30)32-23(4,5)6/h1,9-12,15,20H,13-14H2,2-7H3,(H,24,29)(H,25,30). The van der Waals surface area contributed by atoms with Gasteiger partial charge in [-0.25, -0.2) is 4.79 Å². The van der Waals surface area contributed by atoms with Crippen molar-refractivity contribution in [2.75, 3.05) is 20.2 Å². The molecule has 0 aliphatic carbocycles. The van der Waals surface area contributed by atoms with E-state index in [1.165, 1.54) is 12.0 Å². The van der Waals surface area contributed by atoms with Crippen LogP contribution in [-0.4, -0.2) is 60.6 Å². The van der Waals surface area contributed by atoms with Crippen LogP contribution in [-0.2, 0) is 23.9 Å². The number of hydrogen-bond donors (Lipinski definition) is 2. The molecule has 0 aromatic heterocycles. The van der Waals surface area contributed by atoms with Crippen molar-refractivity contribution < 1.29 is 28.7 Å². The van der Waals surface area contributed by atoms with Crippen molar-refractivity contribution in [3.63, 3.8) is 0 Å². The fourth-order valence-electron chi connectivity index (χ4n) is 2.90. The molecule has 1 atom stereocenters. The molecule has 9 nitrogen and oxygen atoms in total. The van der Waals surface area contributed by atoms with E-state index in [0.29, 0.717) is 11.1 Å². The van der Waals surface area contributed by atoms with E-state index in [1.807, 2.05) is 0 Å². The monoisotopic (exact) mass is 445 g/mol. The van der Waals surface area contributed by atoms with Crippen LogP contribution in [0.4, 0.5) is 4.79 Å². The Hall–Kier alpha value is -3.54. The third-order valence-corrected chi connectivity index (χ3v) is 4.20. The topological polar surface area (TPSA) is 114 Å². The lowest BCUT2D eigenvalue weighted by molar-refractivity contribution is -0.144. The number of nitrogens with one attached hydrogen (secondary N) is 2. The zero-order valence-corrected chi connectivity index (χ0v) is 19.4. The van der Waals surface area contributed by atoms with Gasteiger partial charge in [-0.3, -0.25) is 14.4 Å². The number of hydrogen-bond acceptors (Lipinski definition) is 6. The third kappa shape index (κ3) is 7.95. The molecule has 0 aliphatic rings. The van der Waals surface area contributed by atoms with Crippen LogP contribution in [0.1, 0.15) is 51.8 Å². The number of carbonyl (C=O) groups is 4. The van der Waals surface area contributed by atoms with Crippen molar-refractivity contribution >= 4 is 23.9 Å². The molecule has 1 aromatic carbocycles. The Morgan fingerprint density at radius 1 is 1.09 bits per heavy atom. The normalized spacial score (nSPS) is 11.7. The molecule has 0 saturated heterocycles. The van der Waals surface area contributed by atoms with Crippen LogP contribution >= 0.6 is 0 Å². The van der Waals surface area contributed by atoms with Crippen molar-refractivity contribution in [1.29, 1.82) is 0 Å². The predicted molar refractivity (Wildman–Crippen MR) is 118 cm³/mol. The second-order valence-corrected chi connectivity index (χ2v) is 8.18. The molecular weight excluding hydrogens is 414 g/mol. The summed E-state index contributed by atoms with van der Waals surface area (Å²) < 4.78 is 9.72. The van der Waals surface area contributed by atoms with Gasteiger partial charge >= 0.3 is 12.1 Å². The zero-order valence-electron chi connectivity index (χ0n) is 19.4. The number of benzene rings is 1. The van der Waals surface area contributed by atoms with E-state index in [4.69, 9.17) is 11.2 Å². The first-order valence-corrected chi connectivity index (χ1v) is 10.1. The van der Waals surface area contributed by atoms with E-state index < -0.39 is 48.1 Å². The summed E-state index contributed by atoms with van der Waals surface area (Å²) in [6.45, 7) is 7.79. The summed E-state index contributed by atoms with van der Waals surface area (Å²) in [5.74, 6) is 0.729. The van der Waals surface area contributed by atoms with Crippen LogP contribution in [0.3, 0.4) is 0 Å². The third-order valence-electron chi connectivity index (χ3n) is 4.20. The van der Waals surface area contributed by atoms with Gasteiger partial charge in [-0.05, 0) is 46.2 Å². The molecule has 0 bridgehead atoms. The van der Waals surface area contributed by atoms with Crippen LogP contribution < -0.4 is 10.6 Å². The molecule has 1 unspecified atom stereocenters. The first-order chi connectivity index (χ1) is 14.9. The molecule has 0 heterocycles. The molecule has 0 radical (unpaired) electrons. The maximum absolute atomic E-state index is 13.1. The number of methoxy groups -OCH3 is 1. The van der Waals surface area contributed by atoms with Crippen molar-refractivity contribution in [3.05, 3.63) is 35.4 Å². The highest BCUT2D eigenvalue weighted by atomic mass is 16.6. The average Bonchev–Trinajstić information content (AvgIpc) is 2.72. The van der Waals surface area contributed by atoms with Gasteiger partial charge in [0.25, 0.3) is 0 Å². The molecule has 0 aliphatic heterocycles. The minimum Gasteiger partial charge on any atom is -0.468 e. The number of ether oxygens (including phenoxy) is 2. The minimum absolute atomic E-state index is 0.375. The number of nitrogens with zero attached hydrogens (tertiary/aromatic N) is 1. The average molecular weight is 446 g/mol. The number of terminal acetylenes is 1. The van der Waals surface area contributed by atoms with Gasteiger partial charge in [0, 0.05) is 11.6 Å². The van der Waals surface area contributed by atoms with Gasteiger partial charge in [0.15, 0.2) is 0 Å². The SMILES string of the molecule is C#Cc1ccccc1C(C(=O)NCC(=O)OC)N(C(=O)CNC(=O)OC(C)(C)C)C(C)C. The van der Waals surface area contributed by atoms with Crippen LogP contribution in [0.25, 0.3) is 0 Å². The summed E-state index contributed by atoms with van der Waals surface area (Å²) in [6.07, 6.45) is 4.85. The highest BCUT2D eigenvalue weighted by molar-refractivity contribution is 5.92. The van der Waals surface area contributed by atoms with Crippen LogP contribution in [0.2, 0.25) is 0 Å². The predicted octanol–water partition coefficient (Wildman–Crippen LogP) is 1.76. The quantitative estimate of drug-likeness (QED) is 0.466. The number of amides is 3. The van der Waals surface area contributed by atoms with Crippen LogP contribution in [0.15, 0.2) is 24.3 Å². The van der Waals surface area contributed by atoms with Crippen LogP contribution in [0.5, 0.6) is 0 Å². The van der Waals surface area contributed by atoms with Gasteiger partial charge in [0.05, 0.1) is 7.11 Å². The first kappa shape index (κ1) is 26.5. The largest absolute Gasteiger partial charge is 0.468 e.